The minimum Gasteiger partial charge on any atom is -0.267 e. The number of rotatable bonds is 3. The second-order valence-electron chi connectivity index (χ2n) is 4.63. The molecule has 1 aromatic carbocycles. The van der Waals surface area contributed by atoms with E-state index in [1.165, 1.54) is 10.2 Å². The van der Waals surface area contributed by atoms with Crippen LogP contribution in [0.4, 0.5) is 0 Å². The Labute approximate surface area is 117 Å². The fourth-order valence-corrected chi connectivity index (χ4v) is 2.24. The number of benzene rings is 1. The topological polar surface area (TPSA) is 34.9 Å². The molecule has 1 aromatic heterocycles. The minimum atomic E-state index is -0.105. The van der Waals surface area contributed by atoms with Gasteiger partial charge in [-0.05, 0) is 38.5 Å². The highest BCUT2D eigenvalue weighted by molar-refractivity contribution is 6.17. The number of aryl methyl sites for hydroxylation is 3. The lowest BCUT2D eigenvalue weighted by Gasteiger charge is -2.10. The highest BCUT2D eigenvalue weighted by atomic mass is 35.5. The SMILES string of the molecule is CCn1nc(-c2cc(C)ccc2C)cc(CCl)c1=O. The first kappa shape index (κ1) is 13.8. The van der Waals surface area contributed by atoms with E-state index in [9.17, 15) is 4.79 Å². The molecular formula is C15H17ClN2O. The second-order valence-corrected chi connectivity index (χ2v) is 4.89. The van der Waals surface area contributed by atoms with Crippen molar-refractivity contribution in [2.24, 2.45) is 0 Å². The smallest absolute Gasteiger partial charge is 0.267 e. The van der Waals surface area contributed by atoms with Crippen LogP contribution in [0.5, 0.6) is 0 Å². The van der Waals surface area contributed by atoms with Gasteiger partial charge in [-0.15, -0.1) is 11.6 Å². The van der Waals surface area contributed by atoms with Gasteiger partial charge >= 0.3 is 0 Å². The van der Waals surface area contributed by atoms with Crippen molar-refractivity contribution >= 4 is 11.6 Å². The lowest BCUT2D eigenvalue weighted by atomic mass is 10.0. The molecule has 0 amide bonds. The monoisotopic (exact) mass is 276 g/mol. The normalized spacial score (nSPS) is 10.7. The highest BCUT2D eigenvalue weighted by Crippen LogP contribution is 2.22. The van der Waals surface area contributed by atoms with Crippen molar-refractivity contribution in [2.45, 2.75) is 33.2 Å². The molecule has 0 saturated carbocycles. The van der Waals surface area contributed by atoms with Gasteiger partial charge in [0, 0.05) is 17.7 Å². The molecule has 0 atom stereocenters. The van der Waals surface area contributed by atoms with E-state index in [0.717, 1.165) is 16.8 Å². The third-order valence-electron chi connectivity index (χ3n) is 3.16. The second kappa shape index (κ2) is 5.57. The van der Waals surface area contributed by atoms with Crippen LogP contribution in [0.2, 0.25) is 0 Å². The van der Waals surface area contributed by atoms with Gasteiger partial charge in [0.25, 0.3) is 5.56 Å². The zero-order chi connectivity index (χ0) is 14.0. The molecule has 2 aromatic rings. The third-order valence-corrected chi connectivity index (χ3v) is 3.45. The van der Waals surface area contributed by atoms with Crippen molar-refractivity contribution in [3.05, 3.63) is 51.3 Å². The Morgan fingerprint density at radius 3 is 2.63 bits per heavy atom. The van der Waals surface area contributed by atoms with Crippen molar-refractivity contribution in [1.29, 1.82) is 0 Å². The van der Waals surface area contributed by atoms with Crippen LogP contribution in [0.25, 0.3) is 11.3 Å². The van der Waals surface area contributed by atoms with E-state index in [0.29, 0.717) is 12.1 Å². The molecule has 0 aliphatic carbocycles. The number of hydrogen-bond acceptors (Lipinski definition) is 2. The highest BCUT2D eigenvalue weighted by Gasteiger charge is 2.10. The Morgan fingerprint density at radius 1 is 1.26 bits per heavy atom. The van der Waals surface area contributed by atoms with Crippen LogP contribution in [0, 0.1) is 13.8 Å². The molecule has 0 aliphatic rings. The van der Waals surface area contributed by atoms with Gasteiger partial charge in [0.1, 0.15) is 0 Å². The summed E-state index contributed by atoms with van der Waals surface area (Å²) in [4.78, 5) is 12.0. The van der Waals surface area contributed by atoms with Gasteiger partial charge in [-0.2, -0.15) is 5.10 Å². The summed E-state index contributed by atoms with van der Waals surface area (Å²) in [6.45, 7) is 6.53. The Hall–Kier alpha value is -1.61. The molecule has 0 aliphatic heterocycles. The molecular weight excluding hydrogens is 260 g/mol. The quantitative estimate of drug-likeness (QED) is 0.807. The van der Waals surface area contributed by atoms with Gasteiger partial charge in [-0.3, -0.25) is 4.79 Å². The van der Waals surface area contributed by atoms with E-state index < -0.39 is 0 Å². The summed E-state index contributed by atoms with van der Waals surface area (Å²) in [6, 6.07) is 8.01. The van der Waals surface area contributed by atoms with Gasteiger partial charge < -0.3 is 0 Å². The maximum atomic E-state index is 12.0. The number of halogens is 1. The number of hydrogen-bond donors (Lipinski definition) is 0. The van der Waals surface area contributed by atoms with E-state index in [4.69, 9.17) is 11.6 Å². The van der Waals surface area contributed by atoms with Crippen LogP contribution in [-0.2, 0) is 12.4 Å². The Morgan fingerprint density at radius 2 is 2.00 bits per heavy atom. The summed E-state index contributed by atoms with van der Waals surface area (Å²) in [5.74, 6) is 0.208. The fraction of sp³-hybridized carbons (Fsp3) is 0.333. The molecule has 0 unspecified atom stereocenters. The largest absolute Gasteiger partial charge is 0.271 e. The van der Waals surface area contributed by atoms with Crippen LogP contribution in [0.1, 0.15) is 23.6 Å². The standard InChI is InChI=1S/C15H17ClN2O/c1-4-18-15(19)12(9-16)8-14(17-18)13-7-10(2)5-6-11(13)3/h5-8H,4,9H2,1-3H3. The molecule has 0 spiro atoms. The van der Waals surface area contributed by atoms with Gasteiger partial charge in [0.2, 0.25) is 0 Å². The fourth-order valence-electron chi connectivity index (χ4n) is 2.05. The van der Waals surface area contributed by atoms with E-state index in [-0.39, 0.29) is 11.4 Å². The molecule has 0 radical (unpaired) electrons. The molecule has 0 N–H and O–H groups in total. The van der Waals surface area contributed by atoms with Crippen molar-refractivity contribution in [3.63, 3.8) is 0 Å². The van der Waals surface area contributed by atoms with Crippen LogP contribution >= 0.6 is 11.6 Å². The summed E-state index contributed by atoms with van der Waals surface area (Å²) in [5.41, 5.74) is 4.65. The lowest BCUT2D eigenvalue weighted by Crippen LogP contribution is -2.25. The predicted molar refractivity (Wildman–Crippen MR) is 78.6 cm³/mol. The first-order valence-electron chi connectivity index (χ1n) is 6.31. The van der Waals surface area contributed by atoms with Crippen molar-refractivity contribution in [3.8, 4) is 11.3 Å². The molecule has 1 heterocycles. The maximum absolute atomic E-state index is 12.0. The molecule has 0 fully saturated rings. The van der Waals surface area contributed by atoms with E-state index in [1.807, 2.05) is 20.8 Å². The van der Waals surface area contributed by atoms with Crippen molar-refractivity contribution in [1.82, 2.24) is 9.78 Å². The lowest BCUT2D eigenvalue weighted by molar-refractivity contribution is 0.613. The number of aromatic nitrogens is 2. The van der Waals surface area contributed by atoms with Gasteiger partial charge in [0.15, 0.2) is 0 Å². The number of nitrogens with zero attached hydrogens (tertiary/aromatic N) is 2. The average molecular weight is 277 g/mol. The molecule has 2 rings (SSSR count). The Bertz CT molecular complexity index is 633. The van der Waals surface area contributed by atoms with Crippen LogP contribution in [0.3, 0.4) is 0 Å². The van der Waals surface area contributed by atoms with Crippen LogP contribution in [-0.4, -0.2) is 9.78 Å². The van der Waals surface area contributed by atoms with Crippen LogP contribution < -0.4 is 5.56 Å². The van der Waals surface area contributed by atoms with E-state index >= 15 is 0 Å². The minimum absolute atomic E-state index is 0.105. The third kappa shape index (κ3) is 2.71. The van der Waals surface area contributed by atoms with E-state index in [2.05, 4.69) is 23.3 Å². The average Bonchev–Trinajstić information content (AvgIpc) is 2.42. The van der Waals surface area contributed by atoms with E-state index in [1.54, 1.807) is 6.07 Å². The zero-order valence-electron chi connectivity index (χ0n) is 11.4. The van der Waals surface area contributed by atoms with Gasteiger partial charge in [-0.1, -0.05) is 17.7 Å². The summed E-state index contributed by atoms with van der Waals surface area (Å²) < 4.78 is 1.47. The molecule has 0 saturated heterocycles. The first-order valence-corrected chi connectivity index (χ1v) is 6.85. The molecule has 0 bridgehead atoms. The zero-order valence-corrected chi connectivity index (χ0v) is 12.2. The molecule has 3 nitrogen and oxygen atoms in total. The Kier molecular flexibility index (Phi) is 4.05. The molecule has 4 heteroatoms. The van der Waals surface area contributed by atoms with Crippen molar-refractivity contribution < 1.29 is 0 Å². The van der Waals surface area contributed by atoms with Crippen LogP contribution in [0.15, 0.2) is 29.1 Å². The Balaban J connectivity index is 2.68. The predicted octanol–water partition coefficient (Wildman–Crippen LogP) is 3.29. The maximum Gasteiger partial charge on any atom is 0.271 e. The van der Waals surface area contributed by atoms with Gasteiger partial charge in [-0.25, -0.2) is 4.68 Å². The molecule has 100 valence electrons. The number of alkyl halides is 1. The summed E-state index contributed by atoms with van der Waals surface area (Å²) in [6.07, 6.45) is 0. The summed E-state index contributed by atoms with van der Waals surface area (Å²) in [7, 11) is 0. The van der Waals surface area contributed by atoms with Crippen molar-refractivity contribution in [2.75, 3.05) is 0 Å². The first-order chi connectivity index (χ1) is 9.06. The summed E-state index contributed by atoms with van der Waals surface area (Å²) >= 11 is 5.85. The summed E-state index contributed by atoms with van der Waals surface area (Å²) in [5, 5.41) is 4.42. The van der Waals surface area contributed by atoms with Gasteiger partial charge in [0.05, 0.1) is 11.6 Å². The molecule has 19 heavy (non-hydrogen) atoms.